The second kappa shape index (κ2) is 11.3. The molecule has 8 nitrogen and oxygen atoms in total. The smallest absolute Gasteiger partial charge is 0.252 e. The quantitative estimate of drug-likeness (QED) is 0.387. The van der Waals surface area contributed by atoms with Crippen LogP contribution in [0.3, 0.4) is 0 Å². The van der Waals surface area contributed by atoms with Crippen LogP contribution < -0.4 is 15.2 Å². The second-order valence-electron chi connectivity index (χ2n) is 9.02. The van der Waals surface area contributed by atoms with Crippen LogP contribution in [0, 0.1) is 0 Å². The number of rotatable bonds is 11. The van der Waals surface area contributed by atoms with Crippen LogP contribution >= 0.6 is 11.6 Å². The van der Waals surface area contributed by atoms with E-state index in [0.29, 0.717) is 28.8 Å². The van der Waals surface area contributed by atoms with Crippen LogP contribution in [-0.2, 0) is 27.6 Å². The molecule has 3 rings (SSSR count). The first-order valence-corrected chi connectivity index (χ1v) is 13.8. The van der Waals surface area contributed by atoms with E-state index in [1.807, 2.05) is 45.0 Å². The highest BCUT2D eigenvalue weighted by Gasteiger charge is 2.27. The number of hydrogen-bond acceptors (Lipinski definition) is 7. The average molecular weight is 532 g/mol. The Balaban J connectivity index is 1.78. The lowest BCUT2D eigenvalue weighted by Gasteiger charge is -2.27. The number of benzene rings is 2. The van der Waals surface area contributed by atoms with Gasteiger partial charge in [-0.05, 0) is 47.9 Å². The SMILES string of the molecule is CCCOc1c(Cl)cc(C(C)(C)c2ccc(OCc3ccnc(CS(C)(=O)=O)n3)cc2)cc1C(N)=O. The summed E-state index contributed by atoms with van der Waals surface area (Å²) in [5, 5.41) is 0.336. The molecule has 0 unspecified atom stereocenters. The van der Waals surface area contributed by atoms with Gasteiger partial charge in [-0.2, -0.15) is 0 Å². The minimum absolute atomic E-state index is 0.165. The van der Waals surface area contributed by atoms with Gasteiger partial charge >= 0.3 is 0 Å². The predicted octanol–water partition coefficient (Wildman–Crippen LogP) is 4.47. The fourth-order valence-corrected chi connectivity index (χ4v) is 4.49. The molecular weight excluding hydrogens is 502 g/mol. The normalized spacial score (nSPS) is 11.8. The number of ether oxygens (including phenoxy) is 2. The molecule has 0 aliphatic rings. The van der Waals surface area contributed by atoms with E-state index in [9.17, 15) is 13.2 Å². The highest BCUT2D eigenvalue weighted by atomic mass is 35.5. The van der Waals surface area contributed by atoms with Crippen molar-refractivity contribution >= 4 is 27.3 Å². The maximum atomic E-state index is 12.1. The first kappa shape index (κ1) is 27.4. The first-order chi connectivity index (χ1) is 16.9. The number of amides is 1. The Hall–Kier alpha value is -3.17. The summed E-state index contributed by atoms with van der Waals surface area (Å²) in [5.74, 6) is 0.331. The number of aromatic nitrogens is 2. The van der Waals surface area contributed by atoms with Gasteiger partial charge in [0.2, 0.25) is 0 Å². The van der Waals surface area contributed by atoms with E-state index < -0.39 is 21.2 Å². The van der Waals surface area contributed by atoms with Gasteiger partial charge in [-0.15, -0.1) is 0 Å². The summed E-state index contributed by atoms with van der Waals surface area (Å²) in [6, 6.07) is 12.8. The Kier molecular flexibility index (Phi) is 8.58. The maximum Gasteiger partial charge on any atom is 0.252 e. The van der Waals surface area contributed by atoms with Crippen molar-refractivity contribution in [2.24, 2.45) is 5.73 Å². The van der Waals surface area contributed by atoms with Crippen LogP contribution in [0.4, 0.5) is 0 Å². The molecule has 1 heterocycles. The van der Waals surface area contributed by atoms with Gasteiger partial charge in [-0.1, -0.05) is 44.5 Å². The van der Waals surface area contributed by atoms with Crippen molar-refractivity contribution in [2.45, 2.75) is 45.0 Å². The Bertz CT molecular complexity index is 1340. The van der Waals surface area contributed by atoms with E-state index in [1.54, 1.807) is 18.2 Å². The monoisotopic (exact) mass is 531 g/mol. The number of carbonyl (C=O) groups is 1. The van der Waals surface area contributed by atoms with Gasteiger partial charge in [-0.25, -0.2) is 18.4 Å². The maximum absolute atomic E-state index is 12.1. The van der Waals surface area contributed by atoms with Crippen molar-refractivity contribution in [3.63, 3.8) is 0 Å². The largest absolute Gasteiger partial charge is 0.491 e. The van der Waals surface area contributed by atoms with E-state index in [4.69, 9.17) is 26.8 Å². The third-order valence-corrected chi connectivity index (χ3v) is 6.66. The lowest BCUT2D eigenvalue weighted by molar-refractivity contribution is 0.0996. The van der Waals surface area contributed by atoms with Crippen LogP contribution in [-0.4, -0.2) is 37.2 Å². The van der Waals surface area contributed by atoms with Crippen LogP contribution in [0.25, 0.3) is 0 Å². The van der Waals surface area contributed by atoms with Gasteiger partial charge in [-0.3, -0.25) is 4.79 Å². The van der Waals surface area contributed by atoms with Crippen molar-refractivity contribution in [3.05, 3.63) is 81.9 Å². The number of primary amides is 1. The Morgan fingerprint density at radius 1 is 1.08 bits per heavy atom. The highest BCUT2D eigenvalue weighted by Crippen LogP contribution is 2.38. The molecule has 10 heteroatoms. The number of halogens is 1. The number of hydrogen-bond donors (Lipinski definition) is 1. The van der Waals surface area contributed by atoms with Crippen LogP contribution in [0.15, 0.2) is 48.7 Å². The molecule has 0 spiro atoms. The Labute approximate surface area is 216 Å². The van der Waals surface area contributed by atoms with Crippen LogP contribution in [0.1, 0.15) is 60.2 Å². The van der Waals surface area contributed by atoms with E-state index in [2.05, 4.69) is 9.97 Å². The fourth-order valence-electron chi connectivity index (χ4n) is 3.61. The van der Waals surface area contributed by atoms with Gasteiger partial charge in [0.05, 0.1) is 22.9 Å². The molecule has 192 valence electrons. The molecule has 2 aromatic carbocycles. The zero-order valence-corrected chi connectivity index (χ0v) is 22.3. The molecular formula is C26H30ClN3O5S. The van der Waals surface area contributed by atoms with Gasteiger partial charge in [0, 0.05) is 17.9 Å². The zero-order chi connectivity index (χ0) is 26.5. The van der Waals surface area contributed by atoms with Crippen LogP contribution in [0.2, 0.25) is 5.02 Å². The molecule has 0 aliphatic heterocycles. The summed E-state index contributed by atoms with van der Waals surface area (Å²) in [7, 11) is -3.23. The van der Waals surface area contributed by atoms with Crippen molar-refractivity contribution in [3.8, 4) is 11.5 Å². The average Bonchev–Trinajstić information content (AvgIpc) is 2.81. The number of nitrogens with zero attached hydrogens (tertiary/aromatic N) is 2. The molecule has 0 fully saturated rings. The second-order valence-corrected chi connectivity index (χ2v) is 11.6. The third kappa shape index (κ3) is 6.95. The molecule has 0 aliphatic carbocycles. The molecule has 0 saturated heterocycles. The number of nitrogens with two attached hydrogens (primary N) is 1. The summed E-state index contributed by atoms with van der Waals surface area (Å²) in [4.78, 5) is 20.4. The van der Waals surface area contributed by atoms with Gasteiger partial charge in [0.25, 0.3) is 5.91 Å². The minimum atomic E-state index is -3.23. The highest BCUT2D eigenvalue weighted by molar-refractivity contribution is 7.89. The predicted molar refractivity (Wildman–Crippen MR) is 139 cm³/mol. The van der Waals surface area contributed by atoms with Crippen molar-refractivity contribution in [2.75, 3.05) is 12.9 Å². The molecule has 0 saturated carbocycles. The van der Waals surface area contributed by atoms with E-state index in [1.165, 1.54) is 6.20 Å². The molecule has 2 N–H and O–H groups in total. The molecule has 36 heavy (non-hydrogen) atoms. The third-order valence-electron chi connectivity index (χ3n) is 5.60. The number of carbonyl (C=O) groups excluding carboxylic acids is 1. The molecule has 3 aromatic rings. The van der Waals surface area contributed by atoms with E-state index in [-0.39, 0.29) is 23.7 Å². The fraction of sp³-hybridized carbons (Fsp3) is 0.346. The van der Waals surface area contributed by atoms with Crippen molar-refractivity contribution in [1.29, 1.82) is 0 Å². The molecule has 0 radical (unpaired) electrons. The van der Waals surface area contributed by atoms with Crippen molar-refractivity contribution < 1.29 is 22.7 Å². The summed E-state index contributed by atoms with van der Waals surface area (Å²) in [6.07, 6.45) is 3.43. The molecule has 1 aromatic heterocycles. The molecule has 1 amide bonds. The lowest BCUT2D eigenvalue weighted by Crippen LogP contribution is -2.21. The topological polar surface area (TPSA) is 121 Å². The van der Waals surface area contributed by atoms with E-state index in [0.717, 1.165) is 23.8 Å². The number of sulfone groups is 1. The minimum Gasteiger partial charge on any atom is -0.491 e. The van der Waals surface area contributed by atoms with Gasteiger partial charge in [0.15, 0.2) is 15.6 Å². The van der Waals surface area contributed by atoms with Crippen LogP contribution in [0.5, 0.6) is 11.5 Å². The summed E-state index contributed by atoms with van der Waals surface area (Å²) in [5.41, 5.74) is 7.73. The summed E-state index contributed by atoms with van der Waals surface area (Å²) < 4.78 is 34.5. The summed E-state index contributed by atoms with van der Waals surface area (Å²) >= 11 is 6.48. The van der Waals surface area contributed by atoms with Gasteiger partial charge in [0.1, 0.15) is 23.9 Å². The Morgan fingerprint density at radius 3 is 2.39 bits per heavy atom. The first-order valence-electron chi connectivity index (χ1n) is 11.4. The van der Waals surface area contributed by atoms with Gasteiger partial charge < -0.3 is 15.2 Å². The Morgan fingerprint density at radius 2 is 1.78 bits per heavy atom. The zero-order valence-electron chi connectivity index (χ0n) is 20.7. The lowest BCUT2D eigenvalue weighted by atomic mass is 9.77. The molecule has 0 bridgehead atoms. The summed E-state index contributed by atoms with van der Waals surface area (Å²) in [6.45, 7) is 6.61. The molecule has 0 atom stereocenters. The van der Waals surface area contributed by atoms with Crippen molar-refractivity contribution in [1.82, 2.24) is 9.97 Å². The standard InChI is InChI=1S/C26H30ClN3O5S/c1-5-12-34-24-21(25(28)31)13-18(14-22(24)27)26(2,3)17-6-8-20(9-7-17)35-15-19-10-11-29-23(30-19)16-36(4,32)33/h6-11,13-14H,5,12,15-16H2,1-4H3,(H2,28,31). The van der Waals surface area contributed by atoms with E-state index >= 15 is 0 Å².